The Morgan fingerprint density at radius 3 is 2.33 bits per heavy atom. The van der Waals surface area contributed by atoms with Gasteiger partial charge in [0.15, 0.2) is 5.16 Å². The van der Waals surface area contributed by atoms with Crippen LogP contribution in [0.3, 0.4) is 0 Å². The van der Waals surface area contributed by atoms with Crippen LogP contribution in [0.1, 0.15) is 76.1 Å². The molecule has 4 aliphatic carbocycles. The Hall–Kier alpha value is -1.86. The van der Waals surface area contributed by atoms with E-state index in [1.807, 2.05) is 0 Å². The van der Waals surface area contributed by atoms with Crippen molar-refractivity contribution in [2.45, 2.75) is 89.0 Å². The number of rotatable bonds is 9. The molecule has 1 aromatic heterocycles. The number of thioether (sulfide) groups is 1. The predicted octanol–water partition coefficient (Wildman–Crippen LogP) is 5.13. The van der Waals surface area contributed by atoms with Crippen molar-refractivity contribution in [1.29, 1.82) is 0 Å². The van der Waals surface area contributed by atoms with Crippen LogP contribution in [0.25, 0.3) is 0 Å². The molecule has 194 valence electrons. The molecular weight excluding hydrogens is 466 g/mol. The van der Waals surface area contributed by atoms with Crippen LogP contribution >= 0.6 is 11.8 Å². The molecule has 0 radical (unpaired) electrons. The molecule has 4 saturated carbocycles. The lowest BCUT2D eigenvalue weighted by atomic mass is 9.48. The lowest BCUT2D eigenvalue weighted by Gasteiger charge is -2.59. The Bertz CT molecular complexity index is 1010. The fraction of sp³-hybridized carbons (Fsp3) is 0.690. The van der Waals surface area contributed by atoms with Crippen molar-refractivity contribution >= 4 is 17.7 Å². The summed E-state index contributed by atoms with van der Waals surface area (Å²) in [5, 5.41) is 13.4. The third kappa shape index (κ3) is 5.24. The van der Waals surface area contributed by atoms with Crippen LogP contribution in [0, 0.1) is 23.2 Å². The molecule has 1 unspecified atom stereocenters. The molecule has 1 N–H and O–H groups in total. The highest BCUT2D eigenvalue weighted by Crippen LogP contribution is 2.61. The smallest absolute Gasteiger partial charge is 0.230 e. The number of carbonyl (C=O) groups is 1. The first-order valence-corrected chi connectivity index (χ1v) is 15.2. The molecular formula is C29H41N5OS. The number of aromatic nitrogens is 3. The molecule has 36 heavy (non-hydrogen) atoms. The summed E-state index contributed by atoms with van der Waals surface area (Å²) in [6.45, 7) is 6.10. The molecule has 2 aromatic rings. The quantitative estimate of drug-likeness (QED) is 0.477. The van der Waals surface area contributed by atoms with E-state index in [4.69, 9.17) is 0 Å². The Morgan fingerprint density at radius 1 is 1.00 bits per heavy atom. The zero-order valence-corrected chi connectivity index (χ0v) is 22.5. The van der Waals surface area contributed by atoms with Crippen molar-refractivity contribution in [2.75, 3.05) is 18.8 Å². The van der Waals surface area contributed by atoms with Crippen molar-refractivity contribution in [3.8, 4) is 0 Å². The summed E-state index contributed by atoms with van der Waals surface area (Å²) < 4.78 is 2.23. The maximum atomic E-state index is 13.1. The van der Waals surface area contributed by atoms with Gasteiger partial charge in [-0.3, -0.25) is 9.69 Å². The second-order valence-corrected chi connectivity index (χ2v) is 13.1. The zero-order chi connectivity index (χ0) is 24.5. The first-order chi connectivity index (χ1) is 17.6. The average molecular weight is 508 g/mol. The van der Waals surface area contributed by atoms with Crippen LogP contribution in [0.15, 0.2) is 35.5 Å². The first kappa shape index (κ1) is 24.5. The number of carbonyl (C=O) groups excluding carboxylic acids is 1. The molecule has 4 bridgehead atoms. The number of nitrogens with zero attached hydrogens (tertiary/aromatic N) is 4. The third-order valence-corrected chi connectivity index (χ3v) is 10.5. The van der Waals surface area contributed by atoms with Crippen LogP contribution in [0.5, 0.6) is 0 Å². The molecule has 7 heteroatoms. The Balaban J connectivity index is 1.11. The molecule has 7 rings (SSSR count). The summed E-state index contributed by atoms with van der Waals surface area (Å²) in [6.07, 6.45) is 12.1. The van der Waals surface area contributed by atoms with Crippen LogP contribution in [0.4, 0.5) is 0 Å². The predicted molar refractivity (Wildman–Crippen MR) is 144 cm³/mol. The largest absolute Gasteiger partial charge is 0.352 e. The molecule has 1 amide bonds. The molecule has 1 aromatic carbocycles. The van der Waals surface area contributed by atoms with Gasteiger partial charge in [-0.2, -0.15) is 0 Å². The fourth-order valence-electron chi connectivity index (χ4n) is 8.06. The van der Waals surface area contributed by atoms with E-state index in [2.05, 4.69) is 62.2 Å². The molecule has 0 spiro atoms. The Kier molecular flexibility index (Phi) is 7.13. The fourth-order valence-corrected chi connectivity index (χ4v) is 8.83. The Labute approximate surface area is 220 Å². The van der Waals surface area contributed by atoms with E-state index >= 15 is 0 Å². The lowest BCUT2D eigenvalue weighted by molar-refractivity contribution is -0.123. The number of hydrogen-bond donors (Lipinski definition) is 1. The number of hydrogen-bond acceptors (Lipinski definition) is 5. The Morgan fingerprint density at radius 2 is 1.67 bits per heavy atom. The van der Waals surface area contributed by atoms with E-state index in [0.717, 1.165) is 54.9 Å². The van der Waals surface area contributed by atoms with Crippen LogP contribution in [0.2, 0.25) is 0 Å². The molecule has 5 fully saturated rings. The minimum absolute atomic E-state index is 0.134. The van der Waals surface area contributed by atoms with Gasteiger partial charge in [0.1, 0.15) is 5.82 Å². The van der Waals surface area contributed by atoms with Crippen molar-refractivity contribution in [3.05, 3.63) is 41.7 Å². The van der Waals surface area contributed by atoms with Gasteiger partial charge in [-0.25, -0.2) is 0 Å². The van der Waals surface area contributed by atoms with Gasteiger partial charge in [0.05, 0.1) is 18.8 Å². The average Bonchev–Trinajstić information content (AvgIpc) is 3.24. The summed E-state index contributed by atoms with van der Waals surface area (Å²) in [5.41, 5.74) is 1.57. The van der Waals surface area contributed by atoms with E-state index in [0.29, 0.717) is 11.2 Å². The minimum atomic E-state index is 0.134. The van der Waals surface area contributed by atoms with Gasteiger partial charge in [0, 0.05) is 6.04 Å². The van der Waals surface area contributed by atoms with Gasteiger partial charge >= 0.3 is 0 Å². The van der Waals surface area contributed by atoms with Crippen LogP contribution in [-0.2, 0) is 17.9 Å². The standard InChI is InChI=1S/C29H41N5OS/c1-21(29-15-23-12-24(16-29)14-25(13-23)17-29)30-27(35)20-36-28-32-31-26(19-33-10-6-3-7-11-33)34(28)18-22-8-4-2-5-9-22/h2,4-5,8-9,21,23-25H,3,6-7,10-20H2,1H3,(H,30,35). The molecule has 5 aliphatic rings. The number of nitrogens with one attached hydrogen (secondary N) is 1. The van der Waals surface area contributed by atoms with Gasteiger partial charge in [-0.15, -0.1) is 10.2 Å². The van der Waals surface area contributed by atoms with Crippen LogP contribution < -0.4 is 5.32 Å². The highest BCUT2D eigenvalue weighted by Gasteiger charge is 2.53. The third-order valence-electron chi connectivity index (χ3n) is 9.50. The summed E-state index contributed by atoms with van der Waals surface area (Å²) >= 11 is 1.54. The second-order valence-electron chi connectivity index (χ2n) is 12.2. The highest BCUT2D eigenvalue weighted by atomic mass is 32.2. The number of benzene rings is 1. The maximum Gasteiger partial charge on any atom is 0.230 e. The summed E-state index contributed by atoms with van der Waals surface area (Å²) in [5.74, 6) is 4.24. The van der Waals surface area contributed by atoms with Crippen molar-refractivity contribution in [2.24, 2.45) is 23.2 Å². The van der Waals surface area contributed by atoms with E-state index < -0.39 is 0 Å². The lowest BCUT2D eigenvalue weighted by Crippen LogP contribution is -2.56. The van der Waals surface area contributed by atoms with Gasteiger partial charge < -0.3 is 9.88 Å². The highest BCUT2D eigenvalue weighted by molar-refractivity contribution is 7.99. The monoisotopic (exact) mass is 507 g/mol. The summed E-state index contributed by atoms with van der Waals surface area (Å²) in [4.78, 5) is 15.6. The van der Waals surface area contributed by atoms with E-state index in [1.54, 1.807) is 0 Å². The summed E-state index contributed by atoms with van der Waals surface area (Å²) in [7, 11) is 0. The number of piperidine rings is 1. The number of likely N-dealkylation sites (tertiary alicyclic amines) is 1. The van der Waals surface area contributed by atoms with E-state index in [9.17, 15) is 4.79 Å². The maximum absolute atomic E-state index is 13.1. The van der Waals surface area contributed by atoms with Gasteiger partial charge in [-0.1, -0.05) is 48.5 Å². The molecule has 2 heterocycles. The van der Waals surface area contributed by atoms with Crippen molar-refractivity contribution < 1.29 is 4.79 Å². The zero-order valence-electron chi connectivity index (χ0n) is 21.7. The number of amides is 1. The van der Waals surface area contributed by atoms with Crippen molar-refractivity contribution in [1.82, 2.24) is 25.0 Å². The minimum Gasteiger partial charge on any atom is -0.352 e. The van der Waals surface area contributed by atoms with Gasteiger partial charge in [-0.05, 0) is 100 Å². The first-order valence-electron chi connectivity index (χ1n) is 14.2. The molecule has 1 saturated heterocycles. The van der Waals surface area contributed by atoms with Gasteiger partial charge in [0.25, 0.3) is 0 Å². The molecule has 6 nitrogen and oxygen atoms in total. The molecule has 1 atom stereocenters. The van der Waals surface area contributed by atoms with E-state index in [1.165, 1.54) is 75.1 Å². The topological polar surface area (TPSA) is 63.1 Å². The van der Waals surface area contributed by atoms with Crippen molar-refractivity contribution in [3.63, 3.8) is 0 Å². The normalized spacial score (nSPS) is 30.4. The van der Waals surface area contributed by atoms with E-state index in [-0.39, 0.29) is 11.9 Å². The molecule has 1 aliphatic heterocycles. The summed E-state index contributed by atoms with van der Waals surface area (Å²) in [6, 6.07) is 10.8. The van der Waals surface area contributed by atoms with Gasteiger partial charge in [0.2, 0.25) is 5.91 Å². The second kappa shape index (κ2) is 10.5. The SMILES string of the molecule is CC(NC(=O)CSc1nnc(CN2CCCCC2)n1Cc1ccccc1)C12CC3CC(CC(C3)C1)C2. The van der Waals surface area contributed by atoms with Crippen LogP contribution in [-0.4, -0.2) is 50.5 Å².